The average molecular weight is 689 g/mol. The molecule has 266 valence electrons. The van der Waals surface area contributed by atoms with Crippen molar-refractivity contribution in [3.05, 3.63) is 62.9 Å². The molecule has 5 N–H and O–H groups in total. The van der Waals surface area contributed by atoms with Crippen LogP contribution in [0.5, 0.6) is 0 Å². The number of hydrogen-bond donors (Lipinski definition) is 4. The van der Waals surface area contributed by atoms with Gasteiger partial charge in [0.2, 0.25) is 23.6 Å². The zero-order valence-electron chi connectivity index (χ0n) is 29.0. The van der Waals surface area contributed by atoms with Gasteiger partial charge in [-0.15, -0.1) is 0 Å². The number of likely N-dealkylation sites (N-methyl/N-ethyl adjacent to an activating group) is 1. The Hall–Kier alpha value is -5.11. The highest BCUT2D eigenvalue weighted by molar-refractivity contribution is 5.94. The molecule has 0 radical (unpaired) electrons. The normalized spacial score (nSPS) is 17.3. The largest absolute Gasteiger partial charge is 0.458 e. The van der Waals surface area contributed by atoms with Gasteiger partial charge in [0, 0.05) is 36.5 Å². The zero-order chi connectivity index (χ0) is 36.5. The van der Waals surface area contributed by atoms with Gasteiger partial charge in [-0.3, -0.25) is 24.0 Å². The Balaban J connectivity index is 1.48. The number of primary amides is 1. The third-order valence-electron chi connectivity index (χ3n) is 9.46. The number of rotatable bonds is 13. The summed E-state index contributed by atoms with van der Waals surface area (Å²) in [5, 5.41) is 17.3. The van der Waals surface area contributed by atoms with Gasteiger partial charge in [-0.05, 0) is 49.8 Å². The van der Waals surface area contributed by atoms with E-state index in [9.17, 15) is 33.9 Å². The number of pyridine rings is 2. The molecule has 0 fully saturated rings. The molecule has 1 aromatic carbocycles. The molecule has 2 aliphatic rings. The summed E-state index contributed by atoms with van der Waals surface area (Å²) in [4.78, 5) is 83.6. The summed E-state index contributed by atoms with van der Waals surface area (Å²) in [6.07, 6.45) is 0.327. The van der Waals surface area contributed by atoms with Crippen LogP contribution >= 0.6 is 0 Å². The monoisotopic (exact) mass is 688 g/mol. The molecule has 4 heterocycles. The number of ether oxygens (including phenoxy) is 1. The van der Waals surface area contributed by atoms with Crippen LogP contribution in [0.25, 0.3) is 22.3 Å². The third kappa shape index (κ3) is 6.84. The van der Waals surface area contributed by atoms with Crippen molar-refractivity contribution in [2.75, 3.05) is 13.1 Å². The molecule has 0 spiro atoms. The van der Waals surface area contributed by atoms with Gasteiger partial charge in [-0.1, -0.05) is 39.0 Å². The second-order valence-corrected chi connectivity index (χ2v) is 13.3. The first-order valence-electron chi connectivity index (χ1n) is 16.9. The van der Waals surface area contributed by atoms with Crippen molar-refractivity contribution in [3.8, 4) is 11.4 Å². The van der Waals surface area contributed by atoms with E-state index in [-0.39, 0.29) is 54.6 Å². The van der Waals surface area contributed by atoms with Crippen LogP contribution in [0.3, 0.4) is 0 Å². The number of benzene rings is 1. The molecule has 2 aromatic heterocycles. The van der Waals surface area contributed by atoms with Crippen molar-refractivity contribution in [2.24, 2.45) is 11.7 Å². The van der Waals surface area contributed by atoms with Crippen molar-refractivity contribution in [3.63, 3.8) is 0 Å². The minimum absolute atomic E-state index is 0.0272. The van der Waals surface area contributed by atoms with Gasteiger partial charge >= 0.3 is 5.97 Å². The fraction of sp³-hybridized carbons (Fsp3) is 0.472. The quantitative estimate of drug-likeness (QED) is 0.150. The second kappa shape index (κ2) is 14.4. The lowest BCUT2D eigenvalue weighted by atomic mass is 9.86. The van der Waals surface area contributed by atoms with Gasteiger partial charge in [0.25, 0.3) is 5.56 Å². The Kier molecular flexibility index (Phi) is 10.4. The van der Waals surface area contributed by atoms with E-state index in [0.717, 1.165) is 16.5 Å². The number of nitrogens with one attached hydrogen (secondary N) is 2. The SMILES string of the molecule is CCN(CCc1c2c(nc3ccccc13)-c1cc3c(c(=O)n1C2)COC(=O)[C@]3(O)CC)C(=O)[C@H](CC(C)C)NC(=O)[C@H](CC(N)=O)NC(C)=O. The lowest BCUT2D eigenvalue weighted by Crippen LogP contribution is -2.55. The first-order valence-corrected chi connectivity index (χ1v) is 16.9. The Morgan fingerprint density at radius 1 is 1.10 bits per heavy atom. The number of hydrogen-bond acceptors (Lipinski definition) is 9. The maximum atomic E-state index is 14.0. The summed E-state index contributed by atoms with van der Waals surface area (Å²) in [6, 6.07) is 7.09. The molecule has 0 saturated heterocycles. The van der Waals surface area contributed by atoms with E-state index in [1.165, 1.54) is 6.92 Å². The fourth-order valence-corrected chi connectivity index (χ4v) is 6.91. The number of nitrogens with two attached hydrogens (primary N) is 1. The minimum atomic E-state index is -1.95. The lowest BCUT2D eigenvalue weighted by molar-refractivity contribution is -0.172. The average Bonchev–Trinajstić information content (AvgIpc) is 3.43. The first kappa shape index (κ1) is 36.2. The first-order chi connectivity index (χ1) is 23.7. The van der Waals surface area contributed by atoms with Crippen LogP contribution < -0.4 is 21.9 Å². The standard InChI is InChI=1S/C36H44N6O8/c1-6-36(49)25-15-29-31-23(17-42(29)33(46)24(25)18-50-35(36)48)21(22-10-8-9-11-26(22)39-31)12-13-41(7-2)34(47)28(14-19(3)4)40-32(45)27(16-30(37)44)38-20(5)43/h8-11,15,19,27-28,49H,6-7,12-14,16-18H2,1-5H3,(H2,37,44)(H,38,43)(H,40,45)/t27-,28-,36-/m0/s1. The predicted molar refractivity (Wildman–Crippen MR) is 183 cm³/mol. The van der Waals surface area contributed by atoms with Gasteiger partial charge in [-0.25, -0.2) is 9.78 Å². The summed E-state index contributed by atoms with van der Waals surface area (Å²) in [6.45, 7) is 9.14. The Labute approximate surface area is 289 Å². The molecular formula is C36H44N6O8. The number of amides is 4. The van der Waals surface area contributed by atoms with Gasteiger partial charge < -0.3 is 35.7 Å². The number of carbonyl (C=O) groups is 5. The molecule has 5 rings (SSSR count). The molecule has 14 nitrogen and oxygen atoms in total. The molecule has 0 aliphatic carbocycles. The van der Waals surface area contributed by atoms with Crippen molar-refractivity contribution in [2.45, 2.75) is 91.1 Å². The van der Waals surface area contributed by atoms with Crippen LogP contribution in [0.15, 0.2) is 35.1 Å². The summed E-state index contributed by atoms with van der Waals surface area (Å²) in [7, 11) is 0. The Bertz CT molecular complexity index is 1920. The predicted octanol–water partition coefficient (Wildman–Crippen LogP) is 1.38. The highest BCUT2D eigenvalue weighted by Gasteiger charge is 2.45. The number of esters is 1. The van der Waals surface area contributed by atoms with E-state index in [1.807, 2.05) is 45.0 Å². The summed E-state index contributed by atoms with van der Waals surface area (Å²) in [5.41, 5.74) is 6.90. The van der Waals surface area contributed by atoms with Gasteiger partial charge in [0.05, 0.1) is 35.4 Å². The van der Waals surface area contributed by atoms with E-state index in [2.05, 4.69) is 10.6 Å². The van der Waals surface area contributed by atoms with Crippen molar-refractivity contribution in [1.82, 2.24) is 25.1 Å². The minimum Gasteiger partial charge on any atom is -0.458 e. The van der Waals surface area contributed by atoms with Crippen LogP contribution in [-0.4, -0.2) is 74.3 Å². The highest BCUT2D eigenvalue weighted by Crippen LogP contribution is 2.40. The number of carbonyl (C=O) groups excluding carboxylic acids is 5. The molecule has 0 unspecified atom stereocenters. The van der Waals surface area contributed by atoms with Crippen LogP contribution in [-0.2, 0) is 53.9 Å². The molecule has 2 aliphatic heterocycles. The van der Waals surface area contributed by atoms with E-state index in [1.54, 1.807) is 22.5 Å². The van der Waals surface area contributed by atoms with Crippen LogP contribution in [0, 0.1) is 5.92 Å². The number of aromatic nitrogens is 2. The summed E-state index contributed by atoms with van der Waals surface area (Å²) in [5.74, 6) is -3.06. The van der Waals surface area contributed by atoms with Crippen molar-refractivity contribution < 1.29 is 33.8 Å². The lowest BCUT2D eigenvalue weighted by Gasteiger charge is -2.31. The maximum absolute atomic E-state index is 14.0. The fourth-order valence-electron chi connectivity index (χ4n) is 6.91. The molecular weight excluding hydrogens is 644 g/mol. The molecule has 50 heavy (non-hydrogen) atoms. The number of nitrogens with zero attached hydrogens (tertiary/aromatic N) is 3. The van der Waals surface area contributed by atoms with Crippen LogP contribution in [0.1, 0.15) is 76.1 Å². The van der Waals surface area contributed by atoms with Gasteiger partial charge in [0.1, 0.15) is 18.7 Å². The molecule has 3 atom stereocenters. The zero-order valence-corrected chi connectivity index (χ0v) is 29.0. The smallest absolute Gasteiger partial charge is 0.343 e. The summed E-state index contributed by atoms with van der Waals surface area (Å²) < 4.78 is 6.79. The molecule has 4 amide bonds. The molecule has 0 saturated carbocycles. The van der Waals surface area contributed by atoms with Crippen molar-refractivity contribution >= 4 is 40.5 Å². The molecule has 3 aromatic rings. The maximum Gasteiger partial charge on any atom is 0.343 e. The second-order valence-electron chi connectivity index (χ2n) is 13.3. The Morgan fingerprint density at radius 2 is 1.82 bits per heavy atom. The van der Waals surface area contributed by atoms with E-state index < -0.39 is 47.8 Å². The van der Waals surface area contributed by atoms with Crippen LogP contribution in [0.4, 0.5) is 0 Å². The topological polar surface area (TPSA) is 203 Å². The number of para-hydroxylation sites is 1. The number of fused-ring (bicyclic) bond motifs is 5. The highest BCUT2D eigenvalue weighted by atomic mass is 16.6. The molecule has 14 heteroatoms. The van der Waals surface area contributed by atoms with E-state index >= 15 is 0 Å². The number of aliphatic hydroxyl groups is 1. The molecule has 0 bridgehead atoms. The van der Waals surface area contributed by atoms with Crippen molar-refractivity contribution in [1.29, 1.82) is 0 Å². The van der Waals surface area contributed by atoms with E-state index in [0.29, 0.717) is 36.3 Å². The third-order valence-corrected chi connectivity index (χ3v) is 9.46. The number of cyclic esters (lactones) is 1. The van der Waals surface area contributed by atoms with E-state index in [4.69, 9.17) is 15.5 Å². The van der Waals surface area contributed by atoms with Gasteiger partial charge in [-0.2, -0.15) is 0 Å². The van der Waals surface area contributed by atoms with Crippen LogP contribution in [0.2, 0.25) is 0 Å². The summed E-state index contributed by atoms with van der Waals surface area (Å²) >= 11 is 0. The van der Waals surface area contributed by atoms with Gasteiger partial charge in [0.15, 0.2) is 5.60 Å². The Morgan fingerprint density at radius 3 is 2.46 bits per heavy atom.